The van der Waals surface area contributed by atoms with Crippen LogP contribution in [-0.2, 0) is 0 Å². The fraction of sp³-hybridized carbons (Fsp3) is 0.696. The highest BCUT2D eigenvalue weighted by Gasteiger charge is 2.41. The van der Waals surface area contributed by atoms with Gasteiger partial charge < -0.3 is 19.7 Å². The molecule has 0 saturated carbocycles. The van der Waals surface area contributed by atoms with Crippen LogP contribution in [0.5, 0.6) is 11.5 Å². The molecule has 0 bridgehead atoms. The Balaban J connectivity index is 2.33. The standard InChI is InChI=1S/C23H38N2O3/c1-8-10-13-25(18-15-22(3,4)24-23(5,6)16-18)21(26)17-11-12-19(28-9-2)20(14-17)27-7/h11-12,14,18,24H,8-10,13,15-16H2,1-7H3. The molecule has 0 aromatic heterocycles. The van der Waals surface area contributed by atoms with Crippen molar-refractivity contribution in [2.24, 2.45) is 0 Å². The summed E-state index contributed by atoms with van der Waals surface area (Å²) < 4.78 is 11.1. The van der Waals surface area contributed by atoms with Gasteiger partial charge in [-0.1, -0.05) is 13.3 Å². The molecule has 0 spiro atoms. The number of unbranched alkanes of at least 4 members (excludes halogenated alkanes) is 1. The first-order valence-electron chi connectivity index (χ1n) is 10.5. The van der Waals surface area contributed by atoms with Gasteiger partial charge in [-0.05, 0) is 72.1 Å². The van der Waals surface area contributed by atoms with Crippen molar-refractivity contribution in [1.82, 2.24) is 10.2 Å². The second-order valence-electron chi connectivity index (χ2n) is 9.11. The van der Waals surface area contributed by atoms with Crippen LogP contribution in [0.3, 0.4) is 0 Å². The summed E-state index contributed by atoms with van der Waals surface area (Å²) in [7, 11) is 1.61. The minimum Gasteiger partial charge on any atom is -0.493 e. The number of piperidine rings is 1. The Labute approximate surface area is 170 Å². The van der Waals surface area contributed by atoms with Crippen molar-refractivity contribution >= 4 is 5.91 Å². The molecule has 0 aliphatic carbocycles. The molecule has 0 radical (unpaired) electrons. The summed E-state index contributed by atoms with van der Waals surface area (Å²) in [5.74, 6) is 1.35. The van der Waals surface area contributed by atoms with Crippen LogP contribution in [0, 0.1) is 0 Å². The van der Waals surface area contributed by atoms with E-state index in [0.717, 1.165) is 32.2 Å². The Morgan fingerprint density at radius 2 is 1.79 bits per heavy atom. The number of nitrogens with zero attached hydrogens (tertiary/aromatic N) is 1. The summed E-state index contributed by atoms with van der Waals surface area (Å²) in [6, 6.07) is 5.71. The zero-order valence-corrected chi connectivity index (χ0v) is 18.7. The van der Waals surface area contributed by atoms with Crippen molar-refractivity contribution in [3.05, 3.63) is 23.8 Å². The van der Waals surface area contributed by atoms with E-state index in [4.69, 9.17) is 9.47 Å². The third-order valence-electron chi connectivity index (χ3n) is 5.33. The topological polar surface area (TPSA) is 50.8 Å². The highest BCUT2D eigenvalue weighted by atomic mass is 16.5. The molecule has 1 amide bonds. The lowest BCUT2D eigenvalue weighted by atomic mass is 9.78. The molecule has 0 atom stereocenters. The van der Waals surface area contributed by atoms with E-state index in [1.54, 1.807) is 7.11 Å². The van der Waals surface area contributed by atoms with Crippen molar-refractivity contribution in [1.29, 1.82) is 0 Å². The minimum atomic E-state index is -0.00628. The Kier molecular flexibility index (Phi) is 7.38. The third-order valence-corrected chi connectivity index (χ3v) is 5.33. The molecule has 1 heterocycles. The maximum absolute atomic E-state index is 13.5. The van der Waals surface area contributed by atoms with Gasteiger partial charge in [-0.15, -0.1) is 0 Å². The number of methoxy groups -OCH3 is 1. The second kappa shape index (κ2) is 9.17. The quantitative estimate of drug-likeness (QED) is 0.702. The van der Waals surface area contributed by atoms with Crippen molar-refractivity contribution in [2.45, 2.75) is 84.3 Å². The lowest BCUT2D eigenvalue weighted by Gasteiger charge is -2.49. The van der Waals surface area contributed by atoms with Crippen molar-refractivity contribution in [3.63, 3.8) is 0 Å². The van der Waals surface area contributed by atoms with E-state index in [9.17, 15) is 4.79 Å². The van der Waals surface area contributed by atoms with E-state index in [1.165, 1.54) is 0 Å². The molecule has 2 rings (SSSR count). The first-order valence-corrected chi connectivity index (χ1v) is 10.5. The molecule has 1 aromatic carbocycles. The Hall–Kier alpha value is -1.75. The first-order chi connectivity index (χ1) is 13.1. The molecule has 158 valence electrons. The molecule has 28 heavy (non-hydrogen) atoms. The van der Waals surface area contributed by atoms with Gasteiger partial charge in [0.25, 0.3) is 5.91 Å². The number of benzene rings is 1. The van der Waals surface area contributed by atoms with Gasteiger partial charge in [0.2, 0.25) is 0 Å². The SMILES string of the molecule is CCCCN(C(=O)c1ccc(OCC)c(OC)c1)C1CC(C)(C)NC(C)(C)C1. The number of ether oxygens (including phenoxy) is 2. The predicted octanol–water partition coefficient (Wildman–Crippen LogP) is 4.65. The largest absolute Gasteiger partial charge is 0.493 e. The van der Waals surface area contributed by atoms with Crippen molar-refractivity contribution < 1.29 is 14.3 Å². The maximum Gasteiger partial charge on any atom is 0.254 e. The number of carbonyl (C=O) groups is 1. The average molecular weight is 391 g/mol. The summed E-state index contributed by atoms with van der Waals surface area (Å²) in [6.45, 7) is 14.3. The summed E-state index contributed by atoms with van der Waals surface area (Å²) in [5.41, 5.74) is 0.645. The second-order valence-corrected chi connectivity index (χ2v) is 9.11. The fourth-order valence-electron chi connectivity index (χ4n) is 4.51. The van der Waals surface area contributed by atoms with Gasteiger partial charge in [0.15, 0.2) is 11.5 Å². The van der Waals surface area contributed by atoms with Gasteiger partial charge in [0.1, 0.15) is 0 Å². The van der Waals surface area contributed by atoms with Gasteiger partial charge in [-0.2, -0.15) is 0 Å². The van der Waals surface area contributed by atoms with Crippen LogP contribution >= 0.6 is 0 Å². The number of rotatable bonds is 8. The van der Waals surface area contributed by atoms with E-state index in [-0.39, 0.29) is 23.0 Å². The Morgan fingerprint density at radius 3 is 2.32 bits per heavy atom. The van der Waals surface area contributed by atoms with Gasteiger partial charge in [-0.3, -0.25) is 4.79 Å². The van der Waals surface area contributed by atoms with Gasteiger partial charge in [0.05, 0.1) is 13.7 Å². The number of hydrogen-bond donors (Lipinski definition) is 1. The minimum absolute atomic E-state index is 0.00628. The van der Waals surface area contributed by atoms with Gasteiger partial charge >= 0.3 is 0 Å². The van der Waals surface area contributed by atoms with E-state index < -0.39 is 0 Å². The normalized spacial score (nSPS) is 18.5. The number of amides is 1. The summed E-state index contributed by atoms with van der Waals surface area (Å²) in [6.07, 6.45) is 3.96. The molecule has 5 nitrogen and oxygen atoms in total. The van der Waals surface area contributed by atoms with Gasteiger partial charge in [-0.25, -0.2) is 0 Å². The molecule has 1 fully saturated rings. The third kappa shape index (κ3) is 5.63. The fourth-order valence-corrected chi connectivity index (χ4v) is 4.51. The maximum atomic E-state index is 13.5. The van der Waals surface area contributed by atoms with E-state index in [2.05, 4.69) is 44.8 Å². The van der Waals surface area contributed by atoms with Crippen molar-refractivity contribution in [2.75, 3.05) is 20.3 Å². The molecule has 0 unspecified atom stereocenters. The number of hydrogen-bond acceptors (Lipinski definition) is 4. The molecule has 1 aliphatic heterocycles. The monoisotopic (exact) mass is 390 g/mol. The summed E-state index contributed by atoms with van der Waals surface area (Å²) in [5, 5.41) is 3.72. The smallest absolute Gasteiger partial charge is 0.254 e. The summed E-state index contributed by atoms with van der Waals surface area (Å²) >= 11 is 0. The highest BCUT2D eigenvalue weighted by molar-refractivity contribution is 5.95. The predicted molar refractivity (Wildman–Crippen MR) is 114 cm³/mol. The van der Waals surface area contributed by atoms with Crippen molar-refractivity contribution in [3.8, 4) is 11.5 Å². The molecule has 1 aliphatic rings. The lowest BCUT2D eigenvalue weighted by Crippen LogP contribution is -2.62. The van der Waals surface area contributed by atoms with Crippen LogP contribution in [0.2, 0.25) is 0 Å². The molecule has 1 N–H and O–H groups in total. The number of carbonyl (C=O) groups excluding carboxylic acids is 1. The van der Waals surface area contributed by atoms with Crippen LogP contribution < -0.4 is 14.8 Å². The van der Waals surface area contributed by atoms with Crippen LogP contribution in [-0.4, -0.2) is 48.2 Å². The van der Waals surface area contributed by atoms with Gasteiger partial charge in [0, 0.05) is 29.2 Å². The summed E-state index contributed by atoms with van der Waals surface area (Å²) in [4.78, 5) is 15.6. The molecular weight excluding hydrogens is 352 g/mol. The molecule has 1 saturated heterocycles. The average Bonchev–Trinajstić information content (AvgIpc) is 2.59. The zero-order valence-electron chi connectivity index (χ0n) is 18.7. The van der Waals surface area contributed by atoms with E-state index in [1.807, 2.05) is 25.1 Å². The van der Waals surface area contributed by atoms with E-state index >= 15 is 0 Å². The van der Waals surface area contributed by atoms with Crippen LogP contribution in [0.15, 0.2) is 18.2 Å². The lowest BCUT2D eigenvalue weighted by molar-refractivity contribution is 0.0441. The Bertz CT molecular complexity index is 654. The molecule has 5 heteroatoms. The highest BCUT2D eigenvalue weighted by Crippen LogP contribution is 2.34. The first kappa shape index (κ1) is 22.5. The number of nitrogens with one attached hydrogen (secondary N) is 1. The molecule has 1 aromatic rings. The van der Waals surface area contributed by atoms with Crippen LogP contribution in [0.4, 0.5) is 0 Å². The van der Waals surface area contributed by atoms with Crippen LogP contribution in [0.25, 0.3) is 0 Å². The zero-order chi connectivity index (χ0) is 20.9. The molecular formula is C23H38N2O3. The van der Waals surface area contributed by atoms with E-state index in [0.29, 0.717) is 23.7 Å². The Morgan fingerprint density at radius 1 is 1.14 bits per heavy atom. The van der Waals surface area contributed by atoms with Crippen LogP contribution in [0.1, 0.15) is 77.6 Å².